The molecule has 21 heavy (non-hydrogen) atoms. The summed E-state index contributed by atoms with van der Waals surface area (Å²) >= 11 is 3.49. The number of fused-ring (bicyclic) bond motifs is 1. The molecule has 0 bridgehead atoms. The molecule has 0 spiro atoms. The van der Waals surface area contributed by atoms with Crippen molar-refractivity contribution in [1.82, 2.24) is 5.32 Å². The topological polar surface area (TPSA) is 32.3 Å². The first-order valence-corrected chi connectivity index (χ1v) is 8.30. The molecule has 1 aliphatic carbocycles. The molecule has 110 valence electrons. The molecule has 2 N–H and O–H groups in total. The number of aryl methyl sites for hydroxylation is 1. The third-order valence-corrected chi connectivity index (χ3v) is 4.82. The lowest BCUT2D eigenvalue weighted by molar-refractivity contribution is 0.433. The smallest absolute Gasteiger partial charge is 0.115 e. The van der Waals surface area contributed by atoms with E-state index >= 15 is 0 Å². The summed E-state index contributed by atoms with van der Waals surface area (Å²) in [6.45, 7) is 2.21. The molecule has 2 atom stereocenters. The SMILES string of the molecule is CCC(NC1CCc2cc(O)ccc21)c1ccc(Br)cc1. The summed E-state index contributed by atoms with van der Waals surface area (Å²) in [5.41, 5.74) is 3.94. The highest BCUT2D eigenvalue weighted by atomic mass is 79.9. The van der Waals surface area contributed by atoms with Gasteiger partial charge >= 0.3 is 0 Å². The Kier molecular flexibility index (Phi) is 4.32. The van der Waals surface area contributed by atoms with E-state index in [2.05, 4.69) is 58.5 Å². The number of halogens is 1. The van der Waals surface area contributed by atoms with Gasteiger partial charge < -0.3 is 10.4 Å². The van der Waals surface area contributed by atoms with Crippen LogP contribution in [0, 0.1) is 0 Å². The van der Waals surface area contributed by atoms with Gasteiger partial charge in [-0.2, -0.15) is 0 Å². The van der Waals surface area contributed by atoms with Gasteiger partial charge in [0, 0.05) is 16.6 Å². The van der Waals surface area contributed by atoms with E-state index in [0.717, 1.165) is 23.7 Å². The lowest BCUT2D eigenvalue weighted by Gasteiger charge is -2.23. The van der Waals surface area contributed by atoms with Crippen molar-refractivity contribution in [2.45, 2.75) is 38.3 Å². The third kappa shape index (κ3) is 3.14. The minimum atomic E-state index is 0.364. The molecule has 2 aromatic carbocycles. The van der Waals surface area contributed by atoms with Gasteiger partial charge in [0.15, 0.2) is 0 Å². The van der Waals surface area contributed by atoms with E-state index in [-0.39, 0.29) is 0 Å². The molecule has 0 aliphatic heterocycles. The molecule has 0 fully saturated rings. The lowest BCUT2D eigenvalue weighted by atomic mass is 10.0. The summed E-state index contributed by atoms with van der Waals surface area (Å²) in [6.07, 6.45) is 3.20. The van der Waals surface area contributed by atoms with Crippen molar-refractivity contribution in [3.05, 3.63) is 63.6 Å². The number of phenolic OH excluding ortho intramolecular Hbond substituents is 1. The van der Waals surface area contributed by atoms with Gasteiger partial charge in [0.05, 0.1) is 0 Å². The lowest BCUT2D eigenvalue weighted by Crippen LogP contribution is -2.24. The highest BCUT2D eigenvalue weighted by molar-refractivity contribution is 9.10. The molecule has 2 unspecified atom stereocenters. The molecular formula is C18H20BrNO. The quantitative estimate of drug-likeness (QED) is 0.827. The number of rotatable bonds is 4. The summed E-state index contributed by atoms with van der Waals surface area (Å²) in [5.74, 6) is 0.370. The van der Waals surface area contributed by atoms with Crippen LogP contribution in [0.25, 0.3) is 0 Å². The summed E-state index contributed by atoms with van der Waals surface area (Å²) < 4.78 is 1.11. The molecule has 0 radical (unpaired) electrons. The van der Waals surface area contributed by atoms with E-state index in [9.17, 15) is 5.11 Å². The minimum Gasteiger partial charge on any atom is -0.508 e. The van der Waals surface area contributed by atoms with Crippen LogP contribution in [0.15, 0.2) is 46.9 Å². The zero-order chi connectivity index (χ0) is 14.8. The van der Waals surface area contributed by atoms with E-state index in [1.807, 2.05) is 6.07 Å². The van der Waals surface area contributed by atoms with Crippen molar-refractivity contribution in [2.24, 2.45) is 0 Å². The summed E-state index contributed by atoms with van der Waals surface area (Å²) in [7, 11) is 0. The molecule has 0 heterocycles. The number of nitrogens with one attached hydrogen (secondary N) is 1. The van der Waals surface area contributed by atoms with Crippen LogP contribution in [0.2, 0.25) is 0 Å². The number of aromatic hydroxyl groups is 1. The molecule has 3 heteroatoms. The molecule has 0 aromatic heterocycles. The van der Waals surface area contributed by atoms with Crippen LogP contribution in [0.5, 0.6) is 5.75 Å². The fourth-order valence-corrected chi connectivity index (χ4v) is 3.43. The second-order valence-electron chi connectivity index (χ2n) is 5.65. The Bertz CT molecular complexity index is 624. The van der Waals surface area contributed by atoms with Crippen LogP contribution in [-0.2, 0) is 6.42 Å². The monoisotopic (exact) mass is 345 g/mol. The van der Waals surface area contributed by atoms with Crippen LogP contribution in [0.3, 0.4) is 0 Å². The normalized spacial score (nSPS) is 18.5. The molecule has 2 aromatic rings. The predicted octanol–water partition coefficient (Wildman–Crippen LogP) is 4.88. The summed E-state index contributed by atoms with van der Waals surface area (Å²) in [4.78, 5) is 0. The summed E-state index contributed by atoms with van der Waals surface area (Å²) in [5, 5.41) is 13.4. The highest BCUT2D eigenvalue weighted by Gasteiger charge is 2.25. The molecular weight excluding hydrogens is 326 g/mol. The standard InChI is InChI=1S/C18H20BrNO/c1-2-17(12-3-6-14(19)7-4-12)20-18-10-5-13-11-15(21)8-9-16(13)18/h3-4,6-9,11,17-18,20-21H,2,5,10H2,1H3. The maximum atomic E-state index is 9.59. The van der Waals surface area contributed by atoms with E-state index < -0.39 is 0 Å². The number of hydrogen-bond donors (Lipinski definition) is 2. The molecule has 0 saturated carbocycles. The van der Waals surface area contributed by atoms with E-state index in [0.29, 0.717) is 17.8 Å². The number of hydrogen-bond acceptors (Lipinski definition) is 2. The fourth-order valence-electron chi connectivity index (χ4n) is 3.16. The van der Waals surface area contributed by atoms with Gasteiger partial charge in [-0.25, -0.2) is 0 Å². The summed E-state index contributed by atoms with van der Waals surface area (Å²) in [6, 6.07) is 15.0. The van der Waals surface area contributed by atoms with Crippen molar-refractivity contribution in [3.8, 4) is 5.75 Å². The van der Waals surface area contributed by atoms with Crippen LogP contribution in [0.1, 0.15) is 48.5 Å². The van der Waals surface area contributed by atoms with E-state index in [4.69, 9.17) is 0 Å². The Morgan fingerprint density at radius 2 is 2.00 bits per heavy atom. The largest absolute Gasteiger partial charge is 0.508 e. The van der Waals surface area contributed by atoms with E-state index in [1.54, 1.807) is 6.07 Å². The van der Waals surface area contributed by atoms with Crippen LogP contribution >= 0.6 is 15.9 Å². The maximum Gasteiger partial charge on any atom is 0.115 e. The van der Waals surface area contributed by atoms with Crippen LogP contribution in [-0.4, -0.2) is 5.11 Å². The van der Waals surface area contributed by atoms with Crippen molar-refractivity contribution in [2.75, 3.05) is 0 Å². The molecule has 0 amide bonds. The first-order chi connectivity index (χ1) is 10.2. The zero-order valence-corrected chi connectivity index (χ0v) is 13.7. The Morgan fingerprint density at radius 3 is 2.71 bits per heavy atom. The van der Waals surface area contributed by atoms with Crippen molar-refractivity contribution in [3.63, 3.8) is 0 Å². The van der Waals surface area contributed by atoms with Crippen molar-refractivity contribution >= 4 is 15.9 Å². The van der Waals surface area contributed by atoms with Gasteiger partial charge in [0.2, 0.25) is 0 Å². The zero-order valence-electron chi connectivity index (χ0n) is 12.1. The van der Waals surface area contributed by atoms with Gasteiger partial charge in [0.1, 0.15) is 5.75 Å². The van der Waals surface area contributed by atoms with E-state index in [1.165, 1.54) is 16.7 Å². The third-order valence-electron chi connectivity index (χ3n) is 4.29. The molecule has 3 rings (SSSR count). The Morgan fingerprint density at radius 1 is 1.24 bits per heavy atom. The Hall–Kier alpha value is -1.32. The van der Waals surface area contributed by atoms with Crippen LogP contribution in [0.4, 0.5) is 0 Å². The molecule has 0 saturated heterocycles. The first-order valence-electron chi connectivity index (χ1n) is 7.50. The first kappa shape index (κ1) is 14.6. The average molecular weight is 346 g/mol. The Labute approximate surface area is 134 Å². The van der Waals surface area contributed by atoms with Crippen molar-refractivity contribution in [1.29, 1.82) is 0 Å². The van der Waals surface area contributed by atoms with Gasteiger partial charge in [-0.1, -0.05) is 41.1 Å². The van der Waals surface area contributed by atoms with Gasteiger partial charge in [0.25, 0.3) is 0 Å². The van der Waals surface area contributed by atoms with Gasteiger partial charge in [-0.15, -0.1) is 0 Å². The highest BCUT2D eigenvalue weighted by Crippen LogP contribution is 2.35. The minimum absolute atomic E-state index is 0.364. The molecule has 2 nitrogen and oxygen atoms in total. The number of benzene rings is 2. The van der Waals surface area contributed by atoms with Gasteiger partial charge in [-0.05, 0) is 60.2 Å². The average Bonchev–Trinajstić information content (AvgIpc) is 2.88. The van der Waals surface area contributed by atoms with Gasteiger partial charge in [-0.3, -0.25) is 0 Å². The molecule has 1 aliphatic rings. The maximum absolute atomic E-state index is 9.59. The Balaban J connectivity index is 1.78. The van der Waals surface area contributed by atoms with Crippen molar-refractivity contribution < 1.29 is 5.11 Å². The van der Waals surface area contributed by atoms with Crippen LogP contribution < -0.4 is 5.32 Å². The fraction of sp³-hybridized carbons (Fsp3) is 0.333. The second-order valence-corrected chi connectivity index (χ2v) is 6.57. The number of phenols is 1. The second kappa shape index (κ2) is 6.20. The predicted molar refractivity (Wildman–Crippen MR) is 89.5 cm³/mol.